The van der Waals surface area contributed by atoms with Gasteiger partial charge in [-0.15, -0.1) is 0 Å². The number of rotatable bonds is 6. The van der Waals surface area contributed by atoms with Gasteiger partial charge >= 0.3 is 5.97 Å². The molecule has 0 aliphatic rings. The first-order chi connectivity index (χ1) is 10.5. The number of hydrogen-bond acceptors (Lipinski definition) is 4. The van der Waals surface area contributed by atoms with Crippen LogP contribution in [0.2, 0.25) is 5.02 Å². The second-order valence-electron chi connectivity index (χ2n) is 4.75. The number of amides is 1. The van der Waals surface area contributed by atoms with Crippen LogP contribution in [0.25, 0.3) is 11.3 Å². The van der Waals surface area contributed by atoms with Gasteiger partial charge in [0.1, 0.15) is 6.04 Å². The molecule has 7 heteroatoms. The van der Waals surface area contributed by atoms with Crippen molar-refractivity contribution in [3.8, 4) is 11.3 Å². The number of hydrogen-bond donors (Lipinski definition) is 2. The molecule has 0 bridgehead atoms. The minimum absolute atomic E-state index is 0.109. The molecular weight excluding hydrogens is 308 g/mol. The van der Waals surface area contributed by atoms with Crippen molar-refractivity contribution in [1.29, 1.82) is 0 Å². The van der Waals surface area contributed by atoms with Crippen LogP contribution in [0, 0.1) is 0 Å². The molecule has 1 unspecified atom stereocenters. The molecule has 116 valence electrons. The molecule has 0 aliphatic heterocycles. The van der Waals surface area contributed by atoms with E-state index in [1.807, 2.05) is 12.1 Å². The van der Waals surface area contributed by atoms with Crippen LogP contribution < -0.4 is 5.32 Å². The molecule has 0 radical (unpaired) electrons. The summed E-state index contributed by atoms with van der Waals surface area (Å²) in [6, 6.07) is 6.21. The topological polar surface area (TPSA) is 92.4 Å². The minimum Gasteiger partial charge on any atom is -0.480 e. The number of halogens is 1. The van der Waals surface area contributed by atoms with Crippen LogP contribution in [0.3, 0.4) is 0 Å². The largest absolute Gasteiger partial charge is 0.480 e. The Hall–Kier alpha value is -2.34. The number of aryl methyl sites for hydroxylation is 1. The van der Waals surface area contributed by atoms with E-state index in [0.717, 1.165) is 5.56 Å². The molecule has 0 aliphatic carbocycles. The van der Waals surface area contributed by atoms with E-state index in [-0.39, 0.29) is 12.3 Å². The molecule has 2 rings (SSSR count). The summed E-state index contributed by atoms with van der Waals surface area (Å²) in [5, 5.41) is 11.7. The van der Waals surface area contributed by atoms with Gasteiger partial charge in [-0.2, -0.15) is 0 Å². The van der Waals surface area contributed by atoms with Crippen molar-refractivity contribution in [2.24, 2.45) is 0 Å². The minimum atomic E-state index is -1.07. The molecule has 1 heterocycles. The lowest BCUT2D eigenvalue weighted by Crippen LogP contribution is -2.38. The van der Waals surface area contributed by atoms with Gasteiger partial charge in [0.15, 0.2) is 11.7 Å². The average Bonchev–Trinajstić information content (AvgIpc) is 2.94. The Labute approximate surface area is 132 Å². The molecule has 0 spiro atoms. The fourth-order valence-electron chi connectivity index (χ4n) is 1.77. The molecule has 0 saturated carbocycles. The zero-order valence-electron chi connectivity index (χ0n) is 11.9. The van der Waals surface area contributed by atoms with Crippen LogP contribution in [0.1, 0.15) is 19.2 Å². The molecule has 0 fully saturated rings. The van der Waals surface area contributed by atoms with Gasteiger partial charge < -0.3 is 14.8 Å². The highest BCUT2D eigenvalue weighted by atomic mass is 35.5. The lowest BCUT2D eigenvalue weighted by molar-refractivity contribution is -0.141. The number of aromatic nitrogens is 1. The summed E-state index contributed by atoms with van der Waals surface area (Å²) in [6.07, 6.45) is 1.99. The predicted molar refractivity (Wildman–Crippen MR) is 80.5 cm³/mol. The van der Waals surface area contributed by atoms with E-state index in [1.54, 1.807) is 18.3 Å². The zero-order valence-corrected chi connectivity index (χ0v) is 12.6. The van der Waals surface area contributed by atoms with Crippen LogP contribution in [-0.4, -0.2) is 28.0 Å². The van der Waals surface area contributed by atoms with Crippen LogP contribution in [0.15, 0.2) is 34.9 Å². The van der Waals surface area contributed by atoms with E-state index in [4.69, 9.17) is 21.1 Å². The smallest absolute Gasteiger partial charge is 0.325 e. The van der Waals surface area contributed by atoms with Crippen molar-refractivity contribution in [3.63, 3.8) is 0 Å². The standard InChI is InChI=1S/C15H15ClN2O4/c1-9(15(20)21)18-13(19)6-7-14-17-8-12(22-14)10-2-4-11(16)5-3-10/h2-5,8-9H,6-7H2,1H3,(H,18,19)(H,20,21). The van der Waals surface area contributed by atoms with E-state index in [9.17, 15) is 9.59 Å². The molecule has 6 nitrogen and oxygen atoms in total. The van der Waals surface area contributed by atoms with Gasteiger partial charge in [-0.25, -0.2) is 4.98 Å². The molecule has 1 aromatic carbocycles. The summed E-state index contributed by atoms with van der Waals surface area (Å²) in [4.78, 5) is 26.3. The van der Waals surface area contributed by atoms with Gasteiger partial charge in [-0.1, -0.05) is 11.6 Å². The summed E-state index contributed by atoms with van der Waals surface area (Å²) in [5.74, 6) is -0.426. The van der Waals surface area contributed by atoms with Crippen molar-refractivity contribution >= 4 is 23.5 Å². The maximum absolute atomic E-state index is 11.6. The Bertz CT molecular complexity index is 666. The van der Waals surface area contributed by atoms with E-state index in [1.165, 1.54) is 6.92 Å². The lowest BCUT2D eigenvalue weighted by atomic mass is 10.2. The molecule has 2 N–H and O–H groups in total. The Kier molecular flexibility index (Phi) is 5.16. The number of carbonyl (C=O) groups is 2. The van der Waals surface area contributed by atoms with Crippen molar-refractivity contribution in [2.45, 2.75) is 25.8 Å². The van der Waals surface area contributed by atoms with Gasteiger partial charge in [-0.3, -0.25) is 9.59 Å². The molecular formula is C15H15ClN2O4. The Morgan fingerprint density at radius 3 is 2.68 bits per heavy atom. The average molecular weight is 323 g/mol. The normalized spacial score (nSPS) is 11.9. The number of carbonyl (C=O) groups excluding carboxylic acids is 1. The first-order valence-electron chi connectivity index (χ1n) is 6.68. The highest BCUT2D eigenvalue weighted by molar-refractivity contribution is 6.30. The quantitative estimate of drug-likeness (QED) is 0.852. The number of carboxylic acid groups (broad SMARTS) is 1. The molecule has 1 atom stereocenters. The van der Waals surface area contributed by atoms with Crippen molar-refractivity contribution in [3.05, 3.63) is 41.4 Å². The summed E-state index contributed by atoms with van der Waals surface area (Å²) in [5.41, 5.74) is 0.840. The number of nitrogens with zero attached hydrogens (tertiary/aromatic N) is 1. The molecule has 1 aromatic heterocycles. The van der Waals surface area contributed by atoms with Gasteiger partial charge in [0.25, 0.3) is 0 Å². The van der Waals surface area contributed by atoms with Crippen molar-refractivity contribution < 1.29 is 19.1 Å². The third kappa shape index (κ3) is 4.33. The van der Waals surface area contributed by atoms with Crippen LogP contribution in [0.4, 0.5) is 0 Å². The molecule has 2 aromatic rings. The Balaban J connectivity index is 1.91. The first-order valence-corrected chi connectivity index (χ1v) is 7.06. The summed E-state index contributed by atoms with van der Waals surface area (Å²) >= 11 is 5.82. The fourth-order valence-corrected chi connectivity index (χ4v) is 1.90. The van der Waals surface area contributed by atoms with Gasteiger partial charge in [0, 0.05) is 23.4 Å². The maximum atomic E-state index is 11.6. The zero-order chi connectivity index (χ0) is 16.1. The third-order valence-corrected chi connectivity index (χ3v) is 3.25. The molecule has 0 saturated heterocycles. The van der Waals surface area contributed by atoms with Gasteiger partial charge in [0.05, 0.1) is 6.20 Å². The second kappa shape index (κ2) is 7.09. The monoisotopic (exact) mass is 322 g/mol. The Morgan fingerprint density at radius 1 is 1.36 bits per heavy atom. The van der Waals surface area contributed by atoms with E-state index >= 15 is 0 Å². The number of aliphatic carboxylic acids is 1. The number of benzene rings is 1. The van der Waals surface area contributed by atoms with Crippen molar-refractivity contribution in [1.82, 2.24) is 10.3 Å². The van der Waals surface area contributed by atoms with E-state index in [0.29, 0.717) is 23.1 Å². The van der Waals surface area contributed by atoms with Crippen LogP contribution in [0.5, 0.6) is 0 Å². The van der Waals surface area contributed by atoms with Gasteiger partial charge in [-0.05, 0) is 31.2 Å². The summed E-state index contributed by atoms with van der Waals surface area (Å²) in [6.45, 7) is 1.41. The Morgan fingerprint density at radius 2 is 2.05 bits per heavy atom. The highest BCUT2D eigenvalue weighted by Gasteiger charge is 2.15. The van der Waals surface area contributed by atoms with E-state index < -0.39 is 12.0 Å². The lowest BCUT2D eigenvalue weighted by Gasteiger charge is -2.07. The predicted octanol–water partition coefficient (Wildman–Crippen LogP) is 2.52. The summed E-state index contributed by atoms with van der Waals surface area (Å²) in [7, 11) is 0. The second-order valence-corrected chi connectivity index (χ2v) is 5.19. The SMILES string of the molecule is CC(NC(=O)CCc1ncc(-c2ccc(Cl)cc2)o1)C(=O)O. The number of carboxylic acids is 1. The number of nitrogens with one attached hydrogen (secondary N) is 1. The number of oxazole rings is 1. The fraction of sp³-hybridized carbons (Fsp3) is 0.267. The van der Waals surface area contributed by atoms with E-state index in [2.05, 4.69) is 10.3 Å². The van der Waals surface area contributed by atoms with Crippen molar-refractivity contribution in [2.75, 3.05) is 0 Å². The van der Waals surface area contributed by atoms with Crippen LogP contribution >= 0.6 is 11.6 Å². The third-order valence-electron chi connectivity index (χ3n) is 3.00. The molecule has 1 amide bonds. The van der Waals surface area contributed by atoms with Gasteiger partial charge in [0.2, 0.25) is 5.91 Å². The maximum Gasteiger partial charge on any atom is 0.325 e. The first kappa shape index (κ1) is 16.0. The molecule has 22 heavy (non-hydrogen) atoms. The summed E-state index contributed by atoms with van der Waals surface area (Å²) < 4.78 is 5.56. The van der Waals surface area contributed by atoms with Crippen LogP contribution in [-0.2, 0) is 16.0 Å². The highest BCUT2D eigenvalue weighted by Crippen LogP contribution is 2.22.